The molecule has 0 saturated heterocycles. The number of fused-ring (bicyclic) bond motifs is 1. The van der Waals surface area contributed by atoms with E-state index in [-0.39, 0.29) is 30.6 Å². The number of carbonyl (C=O) groups excluding carboxylic acids is 1. The van der Waals surface area contributed by atoms with Crippen LogP contribution in [0.25, 0.3) is 0 Å². The van der Waals surface area contributed by atoms with Crippen LogP contribution in [0.5, 0.6) is 11.5 Å². The molecule has 1 aliphatic heterocycles. The van der Waals surface area contributed by atoms with Crippen LogP contribution in [0.15, 0.2) is 77.8 Å². The van der Waals surface area contributed by atoms with Gasteiger partial charge in [-0.25, -0.2) is 4.99 Å². The van der Waals surface area contributed by atoms with Gasteiger partial charge in [-0.3, -0.25) is 4.79 Å². The monoisotopic (exact) mass is 478 g/mol. The highest BCUT2D eigenvalue weighted by molar-refractivity contribution is 6.31. The van der Waals surface area contributed by atoms with Gasteiger partial charge in [0.1, 0.15) is 17.6 Å². The summed E-state index contributed by atoms with van der Waals surface area (Å²) in [6.07, 6.45) is 0.175. The molecule has 4 rings (SSSR count). The quantitative estimate of drug-likeness (QED) is 0.375. The third-order valence-corrected chi connectivity index (χ3v) is 5.98. The van der Waals surface area contributed by atoms with E-state index in [1.807, 2.05) is 79.7 Å². The molecule has 4 N–H and O–H groups in total. The van der Waals surface area contributed by atoms with Crippen LogP contribution in [0.3, 0.4) is 0 Å². The van der Waals surface area contributed by atoms with Crippen molar-refractivity contribution in [2.24, 2.45) is 16.5 Å². The lowest BCUT2D eigenvalue weighted by atomic mass is 10.1. The number of halogens is 1. The Labute approximate surface area is 203 Å². The fraction of sp³-hybridized carbons (Fsp3) is 0.231. The highest BCUT2D eigenvalue weighted by atomic mass is 35.5. The second-order valence-electron chi connectivity index (χ2n) is 8.10. The van der Waals surface area contributed by atoms with E-state index in [2.05, 4.69) is 4.99 Å². The van der Waals surface area contributed by atoms with Gasteiger partial charge >= 0.3 is 0 Å². The molecule has 0 fully saturated rings. The molecule has 0 saturated carbocycles. The second kappa shape index (κ2) is 10.5. The average molecular weight is 479 g/mol. The first kappa shape index (κ1) is 23.4. The molecule has 1 amide bonds. The molecule has 0 aliphatic carbocycles. The van der Waals surface area contributed by atoms with Crippen LogP contribution in [0.1, 0.15) is 24.1 Å². The molecule has 8 heteroatoms. The Morgan fingerprint density at radius 2 is 1.79 bits per heavy atom. The number of para-hydroxylation sites is 2. The molecule has 2 unspecified atom stereocenters. The summed E-state index contributed by atoms with van der Waals surface area (Å²) in [6.45, 7) is 2.25. The molecule has 0 spiro atoms. The molecule has 3 aromatic carbocycles. The lowest BCUT2D eigenvalue weighted by Gasteiger charge is -2.32. The van der Waals surface area contributed by atoms with E-state index < -0.39 is 0 Å². The van der Waals surface area contributed by atoms with E-state index in [0.717, 1.165) is 16.8 Å². The zero-order chi connectivity index (χ0) is 24.1. The standard InChI is InChI=1S/C26H27ClN4O3/c1-17(30-26(28)29)18-10-12-20(13-11-18)34-21(14-19-6-2-3-7-22(19)27)15-31-23-8-4-5-9-24(23)33-16-25(31)32/h2-13,17,21H,14-16H2,1H3,(H4,28,29,30). The summed E-state index contributed by atoms with van der Waals surface area (Å²) in [6, 6.07) is 22.6. The van der Waals surface area contributed by atoms with Gasteiger partial charge in [0.25, 0.3) is 5.91 Å². The summed E-state index contributed by atoms with van der Waals surface area (Å²) in [5.41, 5.74) is 13.6. The predicted octanol–water partition coefficient (Wildman–Crippen LogP) is 4.09. The van der Waals surface area contributed by atoms with Gasteiger partial charge < -0.3 is 25.8 Å². The minimum Gasteiger partial charge on any atom is -0.488 e. The van der Waals surface area contributed by atoms with Crippen molar-refractivity contribution in [1.29, 1.82) is 0 Å². The van der Waals surface area contributed by atoms with E-state index in [4.69, 9.17) is 32.5 Å². The predicted molar refractivity (Wildman–Crippen MR) is 135 cm³/mol. The normalized spacial score (nSPS) is 14.5. The summed E-state index contributed by atoms with van der Waals surface area (Å²) in [5, 5.41) is 0.659. The van der Waals surface area contributed by atoms with Crippen molar-refractivity contribution in [2.45, 2.75) is 25.5 Å². The molecule has 34 heavy (non-hydrogen) atoms. The van der Waals surface area contributed by atoms with Crippen LogP contribution in [0.4, 0.5) is 5.69 Å². The van der Waals surface area contributed by atoms with Crippen molar-refractivity contribution >= 4 is 29.2 Å². The zero-order valence-electron chi connectivity index (χ0n) is 18.9. The summed E-state index contributed by atoms with van der Waals surface area (Å²) < 4.78 is 12.0. The average Bonchev–Trinajstić information content (AvgIpc) is 2.82. The van der Waals surface area contributed by atoms with Crippen molar-refractivity contribution in [3.05, 3.63) is 88.9 Å². The van der Waals surface area contributed by atoms with Crippen LogP contribution in [0, 0.1) is 0 Å². The number of hydrogen-bond acceptors (Lipinski definition) is 4. The minimum absolute atomic E-state index is 0.00674. The van der Waals surface area contributed by atoms with Gasteiger partial charge in [0.15, 0.2) is 12.6 Å². The number of aliphatic imine (C=N–C) groups is 1. The van der Waals surface area contributed by atoms with Gasteiger partial charge in [0.2, 0.25) is 0 Å². The number of nitrogens with zero attached hydrogens (tertiary/aromatic N) is 2. The van der Waals surface area contributed by atoms with E-state index in [0.29, 0.717) is 29.5 Å². The van der Waals surface area contributed by atoms with E-state index in [9.17, 15) is 4.79 Å². The van der Waals surface area contributed by atoms with Gasteiger partial charge in [0.05, 0.1) is 18.3 Å². The van der Waals surface area contributed by atoms with E-state index in [1.165, 1.54) is 0 Å². The Kier molecular flexibility index (Phi) is 7.23. The van der Waals surface area contributed by atoms with Crippen LogP contribution in [-0.2, 0) is 11.2 Å². The van der Waals surface area contributed by atoms with Gasteiger partial charge in [0, 0.05) is 11.4 Å². The summed E-state index contributed by atoms with van der Waals surface area (Å²) in [5.74, 6) is 1.28. The summed E-state index contributed by atoms with van der Waals surface area (Å²) in [4.78, 5) is 18.6. The molecule has 0 bridgehead atoms. The van der Waals surface area contributed by atoms with Crippen molar-refractivity contribution in [2.75, 3.05) is 18.1 Å². The Balaban J connectivity index is 1.58. The maximum atomic E-state index is 12.8. The third-order valence-electron chi connectivity index (χ3n) is 5.61. The Morgan fingerprint density at radius 3 is 2.53 bits per heavy atom. The van der Waals surface area contributed by atoms with Crippen LogP contribution >= 0.6 is 11.6 Å². The molecule has 3 aromatic rings. The van der Waals surface area contributed by atoms with Crippen molar-refractivity contribution in [1.82, 2.24) is 0 Å². The molecule has 0 aromatic heterocycles. The maximum Gasteiger partial charge on any atom is 0.265 e. The summed E-state index contributed by atoms with van der Waals surface area (Å²) >= 11 is 6.43. The van der Waals surface area contributed by atoms with E-state index >= 15 is 0 Å². The number of ether oxygens (including phenoxy) is 2. The van der Waals surface area contributed by atoms with Crippen LogP contribution < -0.4 is 25.8 Å². The fourth-order valence-electron chi connectivity index (χ4n) is 3.93. The molecule has 0 radical (unpaired) electrons. The topological polar surface area (TPSA) is 103 Å². The molecule has 1 heterocycles. The highest BCUT2D eigenvalue weighted by Crippen LogP contribution is 2.32. The minimum atomic E-state index is -0.351. The number of guanidine groups is 1. The number of amides is 1. The number of anilines is 1. The van der Waals surface area contributed by atoms with Gasteiger partial charge in [-0.1, -0.05) is 54.1 Å². The second-order valence-corrected chi connectivity index (χ2v) is 8.50. The van der Waals surface area contributed by atoms with Gasteiger partial charge in [-0.15, -0.1) is 0 Å². The fourth-order valence-corrected chi connectivity index (χ4v) is 4.14. The lowest BCUT2D eigenvalue weighted by molar-refractivity contribution is -0.121. The van der Waals surface area contributed by atoms with Crippen LogP contribution in [0.2, 0.25) is 5.02 Å². The largest absolute Gasteiger partial charge is 0.488 e. The number of hydrogen-bond donors (Lipinski definition) is 2. The SMILES string of the molecule is CC(N=C(N)N)c1ccc(OC(Cc2ccccc2Cl)CN2C(=O)COc3ccccc32)cc1. The first-order valence-corrected chi connectivity index (χ1v) is 11.4. The molecule has 1 aliphatic rings. The highest BCUT2D eigenvalue weighted by Gasteiger charge is 2.29. The first-order valence-electron chi connectivity index (χ1n) is 11.0. The first-order chi connectivity index (χ1) is 16.4. The van der Waals surface area contributed by atoms with E-state index in [1.54, 1.807) is 4.90 Å². The Bertz CT molecular complexity index is 1180. The van der Waals surface area contributed by atoms with Crippen molar-refractivity contribution in [3.8, 4) is 11.5 Å². The number of benzene rings is 3. The van der Waals surface area contributed by atoms with Gasteiger partial charge in [-0.05, 0) is 48.4 Å². The lowest BCUT2D eigenvalue weighted by Crippen LogP contribution is -2.45. The number of carbonyl (C=O) groups is 1. The molecular formula is C26H27ClN4O3. The number of rotatable bonds is 8. The number of nitrogens with two attached hydrogens (primary N) is 2. The third kappa shape index (κ3) is 5.61. The maximum absolute atomic E-state index is 12.8. The van der Waals surface area contributed by atoms with Crippen LogP contribution in [-0.4, -0.2) is 31.1 Å². The molecule has 7 nitrogen and oxygen atoms in total. The Morgan fingerprint density at radius 1 is 1.09 bits per heavy atom. The molecule has 2 atom stereocenters. The smallest absolute Gasteiger partial charge is 0.265 e. The van der Waals surface area contributed by atoms with Crippen molar-refractivity contribution < 1.29 is 14.3 Å². The molecular weight excluding hydrogens is 452 g/mol. The summed E-state index contributed by atoms with van der Waals surface area (Å²) in [7, 11) is 0. The molecule has 176 valence electrons. The zero-order valence-corrected chi connectivity index (χ0v) is 19.6. The Hall–Kier alpha value is -3.71. The van der Waals surface area contributed by atoms with Crippen molar-refractivity contribution in [3.63, 3.8) is 0 Å². The van der Waals surface area contributed by atoms with Gasteiger partial charge in [-0.2, -0.15) is 0 Å².